The van der Waals surface area contributed by atoms with E-state index in [0.717, 1.165) is 31.9 Å². The first-order valence-corrected chi connectivity index (χ1v) is 5.50. The molecule has 0 saturated carbocycles. The average molecular weight is 238 g/mol. The van der Waals surface area contributed by atoms with E-state index in [1.165, 1.54) is 0 Å². The highest BCUT2D eigenvalue weighted by Gasteiger charge is 2.23. The van der Waals surface area contributed by atoms with Gasteiger partial charge in [0.2, 0.25) is 0 Å². The van der Waals surface area contributed by atoms with Crippen LogP contribution in [0.4, 0.5) is 5.69 Å². The van der Waals surface area contributed by atoms with Crippen LogP contribution in [-0.2, 0) is 0 Å². The van der Waals surface area contributed by atoms with Gasteiger partial charge in [-0.3, -0.25) is 10.1 Å². The van der Waals surface area contributed by atoms with Gasteiger partial charge >= 0.3 is 11.7 Å². The van der Waals surface area contributed by atoms with Crippen molar-refractivity contribution in [1.29, 1.82) is 0 Å². The van der Waals surface area contributed by atoms with Crippen LogP contribution in [0.15, 0.2) is 12.4 Å². The Bertz CT molecular complexity index is 395. The van der Waals surface area contributed by atoms with Crippen molar-refractivity contribution in [3.63, 3.8) is 0 Å². The van der Waals surface area contributed by atoms with E-state index < -0.39 is 4.92 Å². The Balaban J connectivity index is 2.00. The molecule has 1 aromatic heterocycles. The Hall–Kier alpha value is -1.76. The van der Waals surface area contributed by atoms with Gasteiger partial charge in [-0.2, -0.15) is 9.97 Å². The van der Waals surface area contributed by atoms with Crippen molar-refractivity contribution in [2.75, 3.05) is 13.1 Å². The maximum absolute atomic E-state index is 10.4. The summed E-state index contributed by atoms with van der Waals surface area (Å²) in [6, 6.07) is 0.191. The number of ether oxygens (including phenoxy) is 1. The number of nitrogens with one attached hydrogen (secondary N) is 1. The minimum atomic E-state index is -0.533. The lowest BCUT2D eigenvalue weighted by atomic mass is 9.97. The molecule has 2 atom stereocenters. The third kappa shape index (κ3) is 2.88. The second kappa shape index (κ2) is 5.05. The standard InChI is InChI=1S/C10H14N4O3/c1-7-2-3-11-6-9(7)17-10-12-4-8(5-13-10)14(15)16/h4-5,7,9,11H,2-3,6H2,1H3. The van der Waals surface area contributed by atoms with Gasteiger partial charge in [-0.25, -0.2) is 0 Å². The molecule has 0 bridgehead atoms. The first-order chi connectivity index (χ1) is 8.16. The van der Waals surface area contributed by atoms with Gasteiger partial charge in [0, 0.05) is 6.54 Å². The molecule has 0 radical (unpaired) electrons. The van der Waals surface area contributed by atoms with Crippen molar-refractivity contribution in [3.05, 3.63) is 22.5 Å². The molecule has 7 heteroatoms. The molecule has 17 heavy (non-hydrogen) atoms. The second-order valence-corrected chi connectivity index (χ2v) is 4.11. The summed E-state index contributed by atoms with van der Waals surface area (Å²) < 4.78 is 5.59. The molecule has 1 aliphatic heterocycles. The summed E-state index contributed by atoms with van der Waals surface area (Å²) >= 11 is 0. The van der Waals surface area contributed by atoms with Crippen LogP contribution in [0.25, 0.3) is 0 Å². The molecule has 1 fully saturated rings. The monoisotopic (exact) mass is 238 g/mol. The minimum absolute atomic E-state index is 0.0187. The summed E-state index contributed by atoms with van der Waals surface area (Å²) in [6.07, 6.45) is 3.37. The lowest BCUT2D eigenvalue weighted by molar-refractivity contribution is -0.385. The van der Waals surface area contributed by atoms with Crippen LogP contribution in [0.5, 0.6) is 6.01 Å². The summed E-state index contributed by atoms with van der Waals surface area (Å²) in [5.41, 5.74) is -0.132. The third-order valence-corrected chi connectivity index (χ3v) is 2.84. The quantitative estimate of drug-likeness (QED) is 0.617. The molecule has 2 heterocycles. The molecule has 2 rings (SSSR count). The van der Waals surface area contributed by atoms with Crippen LogP contribution in [0.1, 0.15) is 13.3 Å². The molecular formula is C10H14N4O3. The Labute approximate surface area is 98.4 Å². The molecule has 0 aliphatic carbocycles. The largest absolute Gasteiger partial charge is 0.459 e. The van der Waals surface area contributed by atoms with E-state index >= 15 is 0 Å². The van der Waals surface area contributed by atoms with E-state index in [-0.39, 0.29) is 17.8 Å². The van der Waals surface area contributed by atoms with Crippen molar-refractivity contribution in [2.45, 2.75) is 19.4 Å². The normalized spacial score (nSPS) is 24.3. The van der Waals surface area contributed by atoms with Gasteiger partial charge in [0.1, 0.15) is 18.5 Å². The number of hydrogen-bond acceptors (Lipinski definition) is 6. The smallest absolute Gasteiger partial charge is 0.317 e. The van der Waals surface area contributed by atoms with Crippen molar-refractivity contribution in [2.24, 2.45) is 5.92 Å². The van der Waals surface area contributed by atoms with E-state index in [9.17, 15) is 10.1 Å². The van der Waals surface area contributed by atoms with E-state index in [2.05, 4.69) is 22.2 Å². The number of piperidine rings is 1. The summed E-state index contributed by atoms with van der Waals surface area (Å²) in [4.78, 5) is 17.5. The second-order valence-electron chi connectivity index (χ2n) is 4.11. The van der Waals surface area contributed by atoms with Gasteiger partial charge in [-0.15, -0.1) is 0 Å². The molecule has 0 spiro atoms. The van der Waals surface area contributed by atoms with Gasteiger partial charge in [0.15, 0.2) is 0 Å². The molecule has 2 unspecified atom stereocenters. The number of nitro groups is 1. The molecule has 1 N–H and O–H groups in total. The zero-order valence-corrected chi connectivity index (χ0v) is 9.50. The topological polar surface area (TPSA) is 90.2 Å². The molecule has 7 nitrogen and oxygen atoms in total. The van der Waals surface area contributed by atoms with E-state index in [1.807, 2.05) is 0 Å². The number of hydrogen-bond donors (Lipinski definition) is 1. The van der Waals surface area contributed by atoms with Crippen LogP contribution < -0.4 is 10.1 Å². The fourth-order valence-corrected chi connectivity index (χ4v) is 1.72. The van der Waals surface area contributed by atoms with Crippen molar-refractivity contribution >= 4 is 5.69 Å². The lowest BCUT2D eigenvalue weighted by Gasteiger charge is -2.28. The highest BCUT2D eigenvalue weighted by molar-refractivity contribution is 5.21. The van der Waals surface area contributed by atoms with E-state index in [4.69, 9.17) is 4.74 Å². The molecule has 1 saturated heterocycles. The van der Waals surface area contributed by atoms with Crippen LogP contribution in [0.3, 0.4) is 0 Å². The van der Waals surface area contributed by atoms with Crippen LogP contribution in [-0.4, -0.2) is 34.1 Å². The zero-order valence-electron chi connectivity index (χ0n) is 9.50. The predicted molar refractivity (Wildman–Crippen MR) is 59.8 cm³/mol. The minimum Gasteiger partial charge on any atom is -0.459 e. The van der Waals surface area contributed by atoms with Crippen molar-refractivity contribution in [3.8, 4) is 6.01 Å². The number of rotatable bonds is 3. The van der Waals surface area contributed by atoms with Crippen LogP contribution in [0, 0.1) is 16.0 Å². The maximum Gasteiger partial charge on any atom is 0.317 e. The first kappa shape index (κ1) is 11.7. The van der Waals surface area contributed by atoms with Gasteiger partial charge in [-0.05, 0) is 18.9 Å². The molecule has 0 aromatic carbocycles. The molecule has 1 aliphatic rings. The van der Waals surface area contributed by atoms with Gasteiger partial charge in [0.25, 0.3) is 0 Å². The van der Waals surface area contributed by atoms with Crippen molar-refractivity contribution < 1.29 is 9.66 Å². The van der Waals surface area contributed by atoms with Gasteiger partial charge < -0.3 is 10.1 Å². The third-order valence-electron chi connectivity index (χ3n) is 2.84. The highest BCUT2D eigenvalue weighted by atomic mass is 16.6. The first-order valence-electron chi connectivity index (χ1n) is 5.50. The maximum atomic E-state index is 10.4. The fraction of sp³-hybridized carbons (Fsp3) is 0.600. The zero-order chi connectivity index (χ0) is 12.3. The average Bonchev–Trinajstić information content (AvgIpc) is 2.33. The van der Waals surface area contributed by atoms with Gasteiger partial charge in [0.05, 0.1) is 4.92 Å². The summed E-state index contributed by atoms with van der Waals surface area (Å²) in [5, 5.41) is 13.7. The number of nitrogens with zero attached hydrogens (tertiary/aromatic N) is 3. The van der Waals surface area contributed by atoms with Crippen LogP contribution >= 0.6 is 0 Å². The summed E-state index contributed by atoms with van der Waals surface area (Å²) in [5.74, 6) is 0.426. The molecular weight excluding hydrogens is 224 g/mol. The molecule has 1 aromatic rings. The summed E-state index contributed by atoms with van der Waals surface area (Å²) in [7, 11) is 0. The van der Waals surface area contributed by atoms with E-state index in [1.54, 1.807) is 0 Å². The highest BCUT2D eigenvalue weighted by Crippen LogP contribution is 2.17. The predicted octanol–water partition coefficient (Wildman–Crippen LogP) is 0.762. The van der Waals surface area contributed by atoms with Crippen LogP contribution in [0.2, 0.25) is 0 Å². The lowest BCUT2D eigenvalue weighted by Crippen LogP contribution is -2.43. The summed E-state index contributed by atoms with van der Waals surface area (Å²) in [6.45, 7) is 3.85. The Morgan fingerprint density at radius 1 is 1.53 bits per heavy atom. The fourth-order valence-electron chi connectivity index (χ4n) is 1.72. The SMILES string of the molecule is CC1CCNCC1Oc1ncc([N+](=O)[O-])cn1. The van der Waals surface area contributed by atoms with Gasteiger partial charge in [-0.1, -0.05) is 6.92 Å². The number of aromatic nitrogens is 2. The van der Waals surface area contributed by atoms with Crippen molar-refractivity contribution in [1.82, 2.24) is 15.3 Å². The van der Waals surface area contributed by atoms with E-state index in [0.29, 0.717) is 5.92 Å². The Morgan fingerprint density at radius 2 is 2.24 bits per heavy atom. The Kier molecular flexibility index (Phi) is 3.48. The molecule has 0 amide bonds. The Morgan fingerprint density at radius 3 is 2.82 bits per heavy atom. The molecule has 92 valence electrons.